The molecule has 3 rings (SSSR count). The minimum Gasteiger partial charge on any atom is -0.308 e. The van der Waals surface area contributed by atoms with Gasteiger partial charge in [0.15, 0.2) is 0 Å². The van der Waals surface area contributed by atoms with Crippen LogP contribution in [0.5, 0.6) is 0 Å². The molecule has 2 N–H and O–H groups in total. The maximum absolute atomic E-state index is 12.1. The van der Waals surface area contributed by atoms with E-state index in [-0.39, 0.29) is 0 Å². The second-order valence-corrected chi connectivity index (χ2v) is 5.11. The fourth-order valence-electron chi connectivity index (χ4n) is 2.01. The SMILES string of the molecule is O=C(NC(=O)c1ccc2nccnc2c1)Nc1cccc(Cl)c1. The third kappa shape index (κ3) is 3.61. The molecule has 0 saturated carbocycles. The third-order valence-corrected chi connectivity index (χ3v) is 3.28. The van der Waals surface area contributed by atoms with E-state index in [0.29, 0.717) is 27.3 Å². The van der Waals surface area contributed by atoms with Gasteiger partial charge in [0.1, 0.15) is 0 Å². The first-order valence-corrected chi connectivity index (χ1v) is 7.08. The molecule has 0 unspecified atom stereocenters. The maximum Gasteiger partial charge on any atom is 0.326 e. The van der Waals surface area contributed by atoms with Crippen LogP contribution in [0.2, 0.25) is 5.02 Å². The van der Waals surface area contributed by atoms with Crippen molar-refractivity contribution in [3.8, 4) is 0 Å². The van der Waals surface area contributed by atoms with Gasteiger partial charge in [0.25, 0.3) is 5.91 Å². The number of fused-ring (bicyclic) bond motifs is 1. The van der Waals surface area contributed by atoms with Gasteiger partial charge in [0, 0.05) is 28.7 Å². The first kappa shape index (κ1) is 14.9. The number of carbonyl (C=O) groups is 2. The minimum absolute atomic E-state index is 0.319. The fourth-order valence-corrected chi connectivity index (χ4v) is 2.20. The molecule has 6 nitrogen and oxygen atoms in total. The molecule has 0 radical (unpaired) electrons. The van der Waals surface area contributed by atoms with Crippen molar-refractivity contribution in [1.29, 1.82) is 0 Å². The summed E-state index contributed by atoms with van der Waals surface area (Å²) in [5, 5.41) is 5.27. The second kappa shape index (κ2) is 6.41. The Labute approximate surface area is 136 Å². The Balaban J connectivity index is 1.71. The van der Waals surface area contributed by atoms with Gasteiger partial charge < -0.3 is 5.32 Å². The number of benzene rings is 2. The summed E-state index contributed by atoms with van der Waals surface area (Å²) < 4.78 is 0. The van der Waals surface area contributed by atoms with Crippen LogP contribution in [0.1, 0.15) is 10.4 Å². The Bertz CT molecular complexity index is 898. The molecular formula is C16H11ClN4O2. The van der Waals surface area contributed by atoms with Crippen molar-refractivity contribution >= 4 is 40.3 Å². The average Bonchev–Trinajstić information content (AvgIpc) is 2.54. The summed E-state index contributed by atoms with van der Waals surface area (Å²) >= 11 is 5.83. The summed E-state index contributed by atoms with van der Waals surface area (Å²) in [5.74, 6) is -0.530. The monoisotopic (exact) mass is 326 g/mol. The number of amides is 3. The number of nitrogens with one attached hydrogen (secondary N) is 2. The molecule has 1 aromatic heterocycles. The number of anilines is 1. The number of nitrogens with zero attached hydrogens (tertiary/aromatic N) is 2. The molecule has 114 valence electrons. The molecule has 0 aliphatic heterocycles. The first-order valence-electron chi connectivity index (χ1n) is 6.70. The van der Waals surface area contributed by atoms with Gasteiger partial charge in [0.05, 0.1) is 11.0 Å². The lowest BCUT2D eigenvalue weighted by atomic mass is 10.2. The predicted octanol–water partition coefficient (Wildman–Crippen LogP) is 3.25. The Morgan fingerprint density at radius 3 is 2.52 bits per heavy atom. The van der Waals surface area contributed by atoms with Gasteiger partial charge in [-0.25, -0.2) is 4.79 Å². The molecule has 0 aliphatic carbocycles. The van der Waals surface area contributed by atoms with E-state index in [4.69, 9.17) is 11.6 Å². The lowest BCUT2D eigenvalue weighted by molar-refractivity contribution is 0.0967. The highest BCUT2D eigenvalue weighted by molar-refractivity contribution is 6.30. The van der Waals surface area contributed by atoms with Gasteiger partial charge in [0.2, 0.25) is 0 Å². The van der Waals surface area contributed by atoms with E-state index in [0.717, 1.165) is 0 Å². The molecule has 0 aliphatic rings. The van der Waals surface area contributed by atoms with Crippen LogP contribution in [-0.4, -0.2) is 21.9 Å². The van der Waals surface area contributed by atoms with E-state index in [9.17, 15) is 9.59 Å². The molecular weight excluding hydrogens is 316 g/mol. The molecule has 0 atom stereocenters. The molecule has 7 heteroatoms. The van der Waals surface area contributed by atoms with Gasteiger partial charge in [-0.1, -0.05) is 17.7 Å². The van der Waals surface area contributed by atoms with E-state index in [1.54, 1.807) is 48.7 Å². The smallest absolute Gasteiger partial charge is 0.308 e. The van der Waals surface area contributed by atoms with Crippen molar-refractivity contribution in [2.75, 3.05) is 5.32 Å². The van der Waals surface area contributed by atoms with E-state index in [1.807, 2.05) is 0 Å². The predicted molar refractivity (Wildman–Crippen MR) is 87.5 cm³/mol. The van der Waals surface area contributed by atoms with E-state index in [1.165, 1.54) is 6.20 Å². The molecule has 0 bridgehead atoms. The van der Waals surface area contributed by atoms with Crippen LogP contribution < -0.4 is 10.6 Å². The Morgan fingerprint density at radius 2 is 1.74 bits per heavy atom. The molecule has 2 aromatic carbocycles. The number of hydrogen-bond donors (Lipinski definition) is 2. The van der Waals surface area contributed by atoms with Crippen LogP contribution in [-0.2, 0) is 0 Å². The van der Waals surface area contributed by atoms with Crippen molar-refractivity contribution in [3.05, 3.63) is 65.4 Å². The van der Waals surface area contributed by atoms with Crippen LogP contribution in [0.3, 0.4) is 0 Å². The van der Waals surface area contributed by atoms with Crippen LogP contribution in [0.4, 0.5) is 10.5 Å². The van der Waals surface area contributed by atoms with Crippen LogP contribution in [0.25, 0.3) is 11.0 Å². The lowest BCUT2D eigenvalue weighted by Crippen LogP contribution is -2.34. The zero-order valence-electron chi connectivity index (χ0n) is 11.8. The zero-order valence-corrected chi connectivity index (χ0v) is 12.5. The molecule has 0 fully saturated rings. The summed E-state index contributed by atoms with van der Waals surface area (Å²) in [4.78, 5) is 32.2. The number of imide groups is 1. The van der Waals surface area contributed by atoms with Gasteiger partial charge in [-0.05, 0) is 36.4 Å². The summed E-state index contributed by atoms with van der Waals surface area (Å²) in [6.07, 6.45) is 3.11. The van der Waals surface area contributed by atoms with E-state index in [2.05, 4.69) is 20.6 Å². The molecule has 0 spiro atoms. The van der Waals surface area contributed by atoms with Gasteiger partial charge in [-0.2, -0.15) is 0 Å². The Kier molecular flexibility index (Phi) is 4.16. The number of aromatic nitrogens is 2. The molecule has 3 aromatic rings. The average molecular weight is 327 g/mol. The van der Waals surface area contributed by atoms with Crippen molar-refractivity contribution in [1.82, 2.24) is 15.3 Å². The first-order chi connectivity index (χ1) is 11.1. The number of urea groups is 1. The largest absolute Gasteiger partial charge is 0.326 e. The highest BCUT2D eigenvalue weighted by Crippen LogP contribution is 2.15. The Morgan fingerprint density at radius 1 is 0.957 bits per heavy atom. The van der Waals surface area contributed by atoms with E-state index < -0.39 is 11.9 Å². The van der Waals surface area contributed by atoms with Gasteiger partial charge in [-0.3, -0.25) is 20.1 Å². The lowest BCUT2D eigenvalue weighted by Gasteiger charge is -2.07. The van der Waals surface area contributed by atoms with Crippen molar-refractivity contribution in [2.45, 2.75) is 0 Å². The van der Waals surface area contributed by atoms with Crippen molar-refractivity contribution in [3.63, 3.8) is 0 Å². The van der Waals surface area contributed by atoms with Crippen LogP contribution in [0.15, 0.2) is 54.9 Å². The zero-order chi connectivity index (χ0) is 16.2. The quantitative estimate of drug-likeness (QED) is 0.757. The summed E-state index contributed by atoms with van der Waals surface area (Å²) in [7, 11) is 0. The Hall–Kier alpha value is -2.99. The summed E-state index contributed by atoms with van der Waals surface area (Å²) in [6, 6.07) is 10.8. The number of halogens is 1. The highest BCUT2D eigenvalue weighted by atomic mass is 35.5. The number of carbonyl (C=O) groups excluding carboxylic acids is 2. The second-order valence-electron chi connectivity index (χ2n) is 4.68. The van der Waals surface area contributed by atoms with Crippen molar-refractivity contribution in [2.24, 2.45) is 0 Å². The minimum atomic E-state index is -0.642. The summed E-state index contributed by atoms with van der Waals surface area (Å²) in [5.41, 5.74) is 2.06. The van der Waals surface area contributed by atoms with Crippen molar-refractivity contribution < 1.29 is 9.59 Å². The number of rotatable bonds is 2. The summed E-state index contributed by atoms with van der Waals surface area (Å²) in [6.45, 7) is 0. The van der Waals surface area contributed by atoms with Crippen LogP contribution in [0, 0.1) is 0 Å². The highest BCUT2D eigenvalue weighted by Gasteiger charge is 2.11. The van der Waals surface area contributed by atoms with Gasteiger partial charge >= 0.3 is 6.03 Å². The molecule has 3 amide bonds. The number of hydrogen-bond acceptors (Lipinski definition) is 4. The normalized spacial score (nSPS) is 10.3. The van der Waals surface area contributed by atoms with Gasteiger partial charge in [-0.15, -0.1) is 0 Å². The van der Waals surface area contributed by atoms with E-state index >= 15 is 0 Å². The topological polar surface area (TPSA) is 84.0 Å². The standard InChI is InChI=1S/C16H11ClN4O2/c17-11-2-1-3-12(9-11)20-16(23)21-15(22)10-4-5-13-14(8-10)19-7-6-18-13/h1-9H,(H2,20,21,22,23). The molecule has 1 heterocycles. The van der Waals surface area contributed by atoms with Crippen LogP contribution >= 0.6 is 11.6 Å². The third-order valence-electron chi connectivity index (χ3n) is 3.04. The maximum atomic E-state index is 12.1. The fraction of sp³-hybridized carbons (Fsp3) is 0. The molecule has 0 saturated heterocycles. The molecule has 23 heavy (non-hydrogen) atoms.